The molecule has 1 fully saturated rings. The molecule has 0 saturated carbocycles. The van der Waals surface area contributed by atoms with Crippen molar-refractivity contribution in [3.05, 3.63) is 82.3 Å². The number of rotatable bonds is 4. The molecule has 0 N–H and O–H groups in total. The highest BCUT2D eigenvalue weighted by atomic mass is 32.2. The molecule has 0 radical (unpaired) electrons. The van der Waals surface area contributed by atoms with Gasteiger partial charge in [-0.1, -0.05) is 12.1 Å². The molecule has 2 heterocycles. The maximum atomic E-state index is 13.1. The fraction of sp³-hybridized carbons (Fsp3) is 0.227. The number of sulfone groups is 1. The van der Waals surface area contributed by atoms with E-state index in [4.69, 9.17) is 4.74 Å². The molecule has 2 aromatic carbocycles. The highest BCUT2D eigenvalue weighted by Gasteiger charge is 2.33. The maximum Gasteiger partial charge on any atom is 0.254 e. The molecule has 1 atom stereocenters. The average molecular weight is 446 g/mol. The van der Waals surface area contributed by atoms with E-state index in [0.29, 0.717) is 30.0 Å². The molecule has 30 heavy (non-hydrogen) atoms. The number of amides is 1. The third-order valence-electron chi connectivity index (χ3n) is 5.02. The topological polar surface area (TPSA) is 63.7 Å². The number of hydrogen-bond acceptors (Lipinski definition) is 5. The van der Waals surface area contributed by atoms with Crippen molar-refractivity contribution in [1.82, 2.24) is 4.90 Å². The van der Waals surface area contributed by atoms with E-state index in [9.17, 15) is 17.6 Å². The molecule has 156 valence electrons. The predicted octanol–water partition coefficient (Wildman–Crippen LogP) is 4.68. The Hall–Kier alpha value is -2.71. The molecule has 1 saturated heterocycles. The van der Waals surface area contributed by atoms with Crippen LogP contribution in [-0.2, 0) is 9.84 Å². The van der Waals surface area contributed by atoms with E-state index in [1.165, 1.54) is 35.6 Å². The highest BCUT2D eigenvalue weighted by molar-refractivity contribution is 7.91. The summed E-state index contributed by atoms with van der Waals surface area (Å²) in [4.78, 5) is 15.4. The van der Waals surface area contributed by atoms with Crippen LogP contribution < -0.4 is 4.74 Å². The molecule has 1 unspecified atom stereocenters. The zero-order valence-electron chi connectivity index (χ0n) is 16.0. The Morgan fingerprint density at radius 1 is 1.03 bits per heavy atom. The molecule has 0 aliphatic carbocycles. The van der Waals surface area contributed by atoms with Crippen LogP contribution in [-0.4, -0.2) is 38.1 Å². The maximum absolute atomic E-state index is 13.1. The van der Waals surface area contributed by atoms with Crippen molar-refractivity contribution in [2.75, 3.05) is 18.8 Å². The summed E-state index contributed by atoms with van der Waals surface area (Å²) >= 11 is 1.43. The van der Waals surface area contributed by atoms with E-state index in [-0.39, 0.29) is 24.0 Å². The predicted molar refractivity (Wildman–Crippen MR) is 114 cm³/mol. The van der Waals surface area contributed by atoms with Gasteiger partial charge in [0.1, 0.15) is 17.3 Å². The summed E-state index contributed by atoms with van der Waals surface area (Å²) in [7, 11) is -3.32. The Bertz CT molecular complexity index is 1130. The SMILES string of the molecule is O=C(c1cccc(Oc2ccc(F)cc2)c1)N1CCC(c2cccs2)S(=O)(=O)CC1. The molecule has 1 aromatic heterocycles. The first-order chi connectivity index (χ1) is 14.4. The molecular weight excluding hydrogens is 425 g/mol. The van der Waals surface area contributed by atoms with Crippen LogP contribution in [0.4, 0.5) is 4.39 Å². The molecular formula is C22H20FNO4S2. The molecule has 0 bridgehead atoms. The van der Waals surface area contributed by atoms with Gasteiger partial charge in [-0.3, -0.25) is 4.79 Å². The lowest BCUT2D eigenvalue weighted by Crippen LogP contribution is -2.33. The van der Waals surface area contributed by atoms with Crippen LogP contribution in [0.1, 0.15) is 26.9 Å². The first kappa shape index (κ1) is 20.6. The Labute approximate surface area is 178 Å². The smallest absolute Gasteiger partial charge is 0.254 e. The van der Waals surface area contributed by atoms with Gasteiger partial charge in [0.05, 0.1) is 11.0 Å². The molecule has 5 nitrogen and oxygen atoms in total. The zero-order chi connectivity index (χ0) is 21.1. The third kappa shape index (κ3) is 4.55. The van der Waals surface area contributed by atoms with Gasteiger partial charge in [-0.05, 0) is 60.3 Å². The van der Waals surface area contributed by atoms with Crippen molar-refractivity contribution in [2.45, 2.75) is 11.7 Å². The number of carbonyl (C=O) groups excluding carboxylic acids is 1. The van der Waals surface area contributed by atoms with Crippen LogP contribution >= 0.6 is 11.3 Å². The Balaban J connectivity index is 1.50. The summed E-state index contributed by atoms with van der Waals surface area (Å²) in [5.74, 6) is 0.254. The molecule has 8 heteroatoms. The number of hydrogen-bond donors (Lipinski definition) is 0. The summed E-state index contributed by atoms with van der Waals surface area (Å²) < 4.78 is 44.2. The Morgan fingerprint density at radius 2 is 1.83 bits per heavy atom. The van der Waals surface area contributed by atoms with Gasteiger partial charge in [-0.2, -0.15) is 0 Å². The van der Waals surface area contributed by atoms with E-state index in [0.717, 1.165) is 4.88 Å². The first-order valence-electron chi connectivity index (χ1n) is 9.50. The summed E-state index contributed by atoms with van der Waals surface area (Å²) in [6.45, 7) is 0.524. The minimum Gasteiger partial charge on any atom is -0.457 e. The minimum absolute atomic E-state index is 0.0624. The Morgan fingerprint density at radius 3 is 2.57 bits per heavy atom. The van der Waals surface area contributed by atoms with Gasteiger partial charge in [0.2, 0.25) is 0 Å². The normalized spacial score (nSPS) is 18.6. The summed E-state index contributed by atoms with van der Waals surface area (Å²) in [5.41, 5.74) is 0.418. The Kier molecular flexibility index (Phi) is 5.87. The van der Waals surface area contributed by atoms with E-state index < -0.39 is 15.1 Å². The molecule has 1 aliphatic heterocycles. The molecule has 4 rings (SSSR count). The number of thiophene rings is 1. The average Bonchev–Trinajstić information content (AvgIpc) is 3.20. The fourth-order valence-corrected chi connectivity index (χ4v) is 6.46. The van der Waals surface area contributed by atoms with Crippen molar-refractivity contribution in [3.8, 4) is 11.5 Å². The van der Waals surface area contributed by atoms with Crippen molar-refractivity contribution in [3.63, 3.8) is 0 Å². The lowest BCUT2D eigenvalue weighted by molar-refractivity contribution is 0.0766. The van der Waals surface area contributed by atoms with Gasteiger partial charge >= 0.3 is 0 Å². The molecule has 0 spiro atoms. The summed E-state index contributed by atoms with van der Waals surface area (Å²) in [6, 6.07) is 16.0. The van der Waals surface area contributed by atoms with E-state index in [1.54, 1.807) is 29.2 Å². The quantitative estimate of drug-likeness (QED) is 0.585. The number of ether oxygens (including phenoxy) is 1. The third-order valence-corrected chi connectivity index (χ3v) is 8.26. The monoisotopic (exact) mass is 445 g/mol. The van der Waals surface area contributed by atoms with Crippen LogP contribution in [0.15, 0.2) is 66.0 Å². The first-order valence-corrected chi connectivity index (χ1v) is 12.1. The highest BCUT2D eigenvalue weighted by Crippen LogP contribution is 2.33. The van der Waals surface area contributed by atoms with E-state index in [2.05, 4.69) is 0 Å². The summed E-state index contributed by atoms with van der Waals surface area (Å²) in [5, 5.41) is 1.30. The van der Waals surface area contributed by atoms with Gasteiger partial charge in [-0.15, -0.1) is 11.3 Å². The lowest BCUT2D eigenvalue weighted by Gasteiger charge is -2.20. The van der Waals surface area contributed by atoms with Gasteiger partial charge < -0.3 is 9.64 Å². The zero-order valence-corrected chi connectivity index (χ0v) is 17.7. The van der Waals surface area contributed by atoms with Gasteiger partial charge in [-0.25, -0.2) is 12.8 Å². The largest absolute Gasteiger partial charge is 0.457 e. The number of benzene rings is 2. The van der Waals surface area contributed by atoms with Crippen molar-refractivity contribution < 1.29 is 22.3 Å². The number of carbonyl (C=O) groups is 1. The van der Waals surface area contributed by atoms with Crippen LogP contribution in [0.5, 0.6) is 11.5 Å². The fourth-order valence-electron chi connectivity index (χ4n) is 3.45. The lowest BCUT2D eigenvalue weighted by atomic mass is 10.1. The molecule has 1 aliphatic rings. The van der Waals surface area contributed by atoms with Crippen molar-refractivity contribution >= 4 is 27.1 Å². The standard InChI is InChI=1S/C22H20FNO4S2/c23-17-6-8-18(9-7-17)28-19-4-1-3-16(15-19)22(25)24-11-10-21(20-5-2-13-29-20)30(26,27)14-12-24/h1-9,13,15,21H,10-12,14H2. The van der Waals surface area contributed by atoms with Gasteiger partial charge in [0.25, 0.3) is 5.91 Å². The molecule has 1 amide bonds. The number of halogens is 1. The van der Waals surface area contributed by atoms with Crippen LogP contribution in [0, 0.1) is 5.82 Å². The van der Waals surface area contributed by atoms with Crippen molar-refractivity contribution in [2.24, 2.45) is 0 Å². The number of nitrogens with zero attached hydrogens (tertiary/aromatic N) is 1. The van der Waals surface area contributed by atoms with Gasteiger partial charge in [0.15, 0.2) is 9.84 Å². The van der Waals surface area contributed by atoms with Crippen LogP contribution in [0.3, 0.4) is 0 Å². The van der Waals surface area contributed by atoms with Gasteiger partial charge in [0, 0.05) is 23.5 Å². The van der Waals surface area contributed by atoms with Crippen LogP contribution in [0.25, 0.3) is 0 Å². The minimum atomic E-state index is -3.32. The second-order valence-corrected chi connectivity index (χ2v) is 10.3. The van der Waals surface area contributed by atoms with E-state index in [1.807, 2.05) is 17.5 Å². The second-order valence-electron chi connectivity index (χ2n) is 7.04. The molecule has 3 aromatic rings. The second kappa shape index (κ2) is 8.57. The van der Waals surface area contributed by atoms with Crippen LogP contribution in [0.2, 0.25) is 0 Å². The summed E-state index contributed by atoms with van der Waals surface area (Å²) in [6.07, 6.45) is 0.375. The van der Waals surface area contributed by atoms with Crippen molar-refractivity contribution in [1.29, 1.82) is 0 Å². The van der Waals surface area contributed by atoms with E-state index >= 15 is 0 Å².